The van der Waals surface area contributed by atoms with E-state index in [4.69, 9.17) is 11.6 Å². The van der Waals surface area contributed by atoms with Crippen LogP contribution < -0.4 is 0 Å². The molecule has 1 N–H and O–H groups in total. The fraction of sp³-hybridized carbons (Fsp3) is 0.435. The number of carbonyl (C=O) groups excluding carboxylic acids is 1. The molecule has 0 aliphatic carbocycles. The number of piperidine rings is 1. The molecule has 0 saturated carbocycles. The van der Waals surface area contributed by atoms with E-state index >= 15 is 0 Å². The van der Waals surface area contributed by atoms with Gasteiger partial charge >= 0.3 is 0 Å². The third kappa shape index (κ3) is 4.03. The van der Waals surface area contributed by atoms with Crippen LogP contribution >= 0.6 is 11.6 Å². The largest absolute Gasteiger partial charge is 0.508 e. The Morgan fingerprint density at radius 2 is 1.75 bits per heavy atom. The van der Waals surface area contributed by atoms with Gasteiger partial charge in [-0.3, -0.25) is 9.69 Å². The van der Waals surface area contributed by atoms with Crippen molar-refractivity contribution < 1.29 is 9.90 Å². The number of phenols is 1. The summed E-state index contributed by atoms with van der Waals surface area (Å²) < 4.78 is 0. The first-order chi connectivity index (χ1) is 13.5. The van der Waals surface area contributed by atoms with Crippen LogP contribution in [-0.4, -0.2) is 46.5 Å². The van der Waals surface area contributed by atoms with E-state index in [2.05, 4.69) is 11.0 Å². The topological polar surface area (TPSA) is 43.8 Å². The normalized spacial score (nSPS) is 21.4. The van der Waals surface area contributed by atoms with Crippen LogP contribution in [0.25, 0.3) is 0 Å². The van der Waals surface area contributed by atoms with Gasteiger partial charge in [0.2, 0.25) is 5.91 Å². The standard InChI is InChI=1S/C23H27ClN2O2/c1-16-2-3-17(14-21(16)24)15-26-13-10-22(23(26)28)25-11-8-19(9-12-25)18-4-6-20(27)7-5-18/h2-7,14,19,22,27H,8-13,15H2,1H3. The van der Waals surface area contributed by atoms with Crippen molar-refractivity contribution in [3.8, 4) is 5.75 Å². The van der Waals surface area contributed by atoms with Gasteiger partial charge in [-0.05, 0) is 80.1 Å². The van der Waals surface area contributed by atoms with Gasteiger partial charge in [-0.15, -0.1) is 0 Å². The molecule has 0 aromatic heterocycles. The minimum atomic E-state index is 0.0155. The number of benzene rings is 2. The Kier molecular flexibility index (Phi) is 5.61. The molecule has 2 aromatic carbocycles. The summed E-state index contributed by atoms with van der Waals surface area (Å²) in [7, 11) is 0. The summed E-state index contributed by atoms with van der Waals surface area (Å²) in [5.41, 5.74) is 3.44. The fourth-order valence-corrected chi connectivity index (χ4v) is 4.67. The highest BCUT2D eigenvalue weighted by Crippen LogP contribution is 2.32. The second kappa shape index (κ2) is 8.14. The van der Waals surface area contributed by atoms with Gasteiger partial charge in [-0.1, -0.05) is 35.9 Å². The zero-order valence-corrected chi connectivity index (χ0v) is 17.0. The van der Waals surface area contributed by atoms with E-state index in [1.807, 2.05) is 36.1 Å². The Labute approximate surface area is 171 Å². The van der Waals surface area contributed by atoms with Crippen LogP contribution in [0.1, 0.15) is 41.9 Å². The predicted octanol–water partition coefficient (Wildman–Crippen LogP) is 4.33. The van der Waals surface area contributed by atoms with Crippen LogP contribution in [0.5, 0.6) is 5.75 Å². The summed E-state index contributed by atoms with van der Waals surface area (Å²) in [6.07, 6.45) is 3.02. The molecule has 4 nitrogen and oxygen atoms in total. The van der Waals surface area contributed by atoms with Gasteiger partial charge in [-0.25, -0.2) is 0 Å². The Balaban J connectivity index is 1.34. The smallest absolute Gasteiger partial charge is 0.240 e. The number of aryl methyl sites for hydroxylation is 1. The van der Waals surface area contributed by atoms with Crippen LogP contribution in [0.15, 0.2) is 42.5 Å². The molecule has 5 heteroatoms. The SMILES string of the molecule is Cc1ccc(CN2CCC(N3CCC(c4ccc(O)cc4)CC3)C2=O)cc1Cl. The van der Waals surface area contributed by atoms with Gasteiger partial charge < -0.3 is 10.0 Å². The van der Waals surface area contributed by atoms with Gasteiger partial charge in [0.15, 0.2) is 0 Å². The average Bonchev–Trinajstić information content (AvgIpc) is 3.06. The van der Waals surface area contributed by atoms with Crippen LogP contribution in [0, 0.1) is 6.92 Å². The molecular formula is C23H27ClN2O2. The minimum Gasteiger partial charge on any atom is -0.508 e. The Morgan fingerprint density at radius 3 is 2.43 bits per heavy atom. The summed E-state index contributed by atoms with van der Waals surface area (Å²) in [6, 6.07) is 13.6. The summed E-state index contributed by atoms with van der Waals surface area (Å²) in [6.45, 7) is 5.34. The van der Waals surface area contributed by atoms with Crippen molar-refractivity contribution in [3.05, 3.63) is 64.2 Å². The van der Waals surface area contributed by atoms with Crippen LogP contribution in [0.2, 0.25) is 5.02 Å². The zero-order chi connectivity index (χ0) is 19.7. The highest BCUT2D eigenvalue weighted by atomic mass is 35.5. The van der Waals surface area contributed by atoms with Gasteiger partial charge in [0, 0.05) is 18.1 Å². The molecule has 1 amide bonds. The lowest BCUT2D eigenvalue weighted by atomic mass is 9.89. The first kappa shape index (κ1) is 19.3. The molecule has 2 heterocycles. The number of rotatable bonds is 4. The molecule has 2 saturated heterocycles. The van der Waals surface area contributed by atoms with E-state index in [0.29, 0.717) is 18.2 Å². The number of hydrogen-bond acceptors (Lipinski definition) is 3. The number of likely N-dealkylation sites (tertiary alicyclic amines) is 2. The lowest BCUT2D eigenvalue weighted by molar-refractivity contribution is -0.133. The average molecular weight is 399 g/mol. The van der Waals surface area contributed by atoms with Gasteiger partial charge in [0.05, 0.1) is 6.04 Å². The molecule has 0 spiro atoms. The molecule has 2 aromatic rings. The molecule has 2 aliphatic rings. The van der Waals surface area contributed by atoms with E-state index in [-0.39, 0.29) is 11.9 Å². The molecule has 148 valence electrons. The molecule has 4 rings (SSSR count). The van der Waals surface area contributed by atoms with Crippen molar-refractivity contribution in [2.75, 3.05) is 19.6 Å². The number of halogens is 1. The lowest BCUT2D eigenvalue weighted by Crippen LogP contribution is -2.45. The Morgan fingerprint density at radius 1 is 1.04 bits per heavy atom. The third-order valence-corrected chi connectivity index (χ3v) is 6.62. The first-order valence-electron chi connectivity index (χ1n) is 10.1. The molecule has 0 radical (unpaired) electrons. The van der Waals surface area contributed by atoms with Gasteiger partial charge in [0.1, 0.15) is 5.75 Å². The highest BCUT2D eigenvalue weighted by molar-refractivity contribution is 6.31. The number of phenolic OH excluding ortho intramolecular Hbond substituents is 1. The summed E-state index contributed by atoms with van der Waals surface area (Å²) in [5.74, 6) is 1.08. The number of amides is 1. The monoisotopic (exact) mass is 398 g/mol. The van der Waals surface area contributed by atoms with Crippen molar-refractivity contribution in [1.82, 2.24) is 9.80 Å². The number of nitrogens with zero attached hydrogens (tertiary/aromatic N) is 2. The molecular weight excluding hydrogens is 372 g/mol. The third-order valence-electron chi connectivity index (χ3n) is 6.21. The van der Waals surface area contributed by atoms with Crippen molar-refractivity contribution in [2.45, 2.75) is 44.7 Å². The molecule has 2 aliphatic heterocycles. The molecule has 28 heavy (non-hydrogen) atoms. The fourth-order valence-electron chi connectivity index (χ4n) is 4.46. The van der Waals surface area contributed by atoms with Crippen molar-refractivity contribution >= 4 is 17.5 Å². The number of hydrogen-bond donors (Lipinski definition) is 1. The maximum Gasteiger partial charge on any atom is 0.240 e. The maximum atomic E-state index is 13.0. The molecule has 0 bridgehead atoms. The number of carbonyl (C=O) groups is 1. The van der Waals surface area contributed by atoms with Gasteiger partial charge in [-0.2, -0.15) is 0 Å². The van der Waals surface area contributed by atoms with E-state index in [1.165, 1.54) is 5.56 Å². The zero-order valence-electron chi connectivity index (χ0n) is 16.3. The predicted molar refractivity (Wildman–Crippen MR) is 112 cm³/mol. The van der Waals surface area contributed by atoms with Crippen LogP contribution in [0.4, 0.5) is 0 Å². The first-order valence-corrected chi connectivity index (χ1v) is 10.5. The van der Waals surface area contributed by atoms with E-state index in [9.17, 15) is 9.90 Å². The summed E-state index contributed by atoms with van der Waals surface area (Å²) in [4.78, 5) is 17.3. The van der Waals surface area contributed by atoms with Gasteiger partial charge in [0.25, 0.3) is 0 Å². The molecule has 1 atom stereocenters. The second-order valence-electron chi connectivity index (χ2n) is 8.05. The Hall–Kier alpha value is -2.04. The van der Waals surface area contributed by atoms with E-state index in [0.717, 1.165) is 55.0 Å². The highest BCUT2D eigenvalue weighted by Gasteiger charge is 2.37. The number of aromatic hydroxyl groups is 1. The van der Waals surface area contributed by atoms with E-state index < -0.39 is 0 Å². The Bertz CT molecular complexity index is 844. The second-order valence-corrected chi connectivity index (χ2v) is 8.46. The van der Waals surface area contributed by atoms with Crippen LogP contribution in [0.3, 0.4) is 0 Å². The lowest BCUT2D eigenvalue weighted by Gasteiger charge is -2.35. The van der Waals surface area contributed by atoms with Crippen molar-refractivity contribution in [1.29, 1.82) is 0 Å². The van der Waals surface area contributed by atoms with Crippen molar-refractivity contribution in [2.24, 2.45) is 0 Å². The quantitative estimate of drug-likeness (QED) is 0.833. The van der Waals surface area contributed by atoms with Crippen LogP contribution in [-0.2, 0) is 11.3 Å². The summed E-state index contributed by atoms with van der Waals surface area (Å²) in [5, 5.41) is 10.2. The maximum absolute atomic E-state index is 13.0. The van der Waals surface area contributed by atoms with E-state index in [1.54, 1.807) is 12.1 Å². The van der Waals surface area contributed by atoms with Crippen molar-refractivity contribution in [3.63, 3.8) is 0 Å². The minimum absolute atomic E-state index is 0.0155. The molecule has 2 fully saturated rings. The molecule has 1 unspecified atom stereocenters. The summed E-state index contributed by atoms with van der Waals surface area (Å²) >= 11 is 6.23.